The minimum Gasteiger partial charge on any atom is -0.369 e. The molecule has 1 aromatic rings. The topological polar surface area (TPSA) is 67.8 Å². The van der Waals surface area contributed by atoms with Gasteiger partial charge in [0, 0.05) is 39.6 Å². The van der Waals surface area contributed by atoms with Gasteiger partial charge in [0.15, 0.2) is 0 Å². The van der Waals surface area contributed by atoms with Crippen LogP contribution in [-0.4, -0.2) is 72.9 Å². The number of hydrogen-bond acceptors (Lipinski definition) is 6. The molecule has 0 aromatic carbocycles. The molecule has 7 heteroatoms. The Morgan fingerprint density at radius 1 is 1.45 bits per heavy atom. The van der Waals surface area contributed by atoms with Gasteiger partial charge in [0.2, 0.25) is 11.9 Å². The van der Waals surface area contributed by atoms with Crippen molar-refractivity contribution in [3.05, 3.63) is 18.5 Å². The fourth-order valence-corrected chi connectivity index (χ4v) is 2.40. The predicted molar refractivity (Wildman–Crippen MR) is 82.7 cm³/mol. The van der Waals surface area contributed by atoms with Crippen molar-refractivity contribution in [3.63, 3.8) is 0 Å². The van der Waals surface area contributed by atoms with Crippen LogP contribution in [0.1, 0.15) is 13.8 Å². The Labute approximate surface area is 131 Å². The molecule has 7 nitrogen and oxygen atoms in total. The van der Waals surface area contributed by atoms with Gasteiger partial charge in [-0.2, -0.15) is 0 Å². The van der Waals surface area contributed by atoms with Crippen molar-refractivity contribution in [1.29, 1.82) is 0 Å². The third-order valence-corrected chi connectivity index (χ3v) is 3.34. The fourth-order valence-electron chi connectivity index (χ4n) is 2.40. The second-order valence-electron chi connectivity index (χ2n) is 6.23. The number of anilines is 1. The van der Waals surface area contributed by atoms with E-state index in [1.165, 1.54) is 4.90 Å². The Morgan fingerprint density at radius 3 is 2.77 bits per heavy atom. The molecule has 1 atom stereocenters. The van der Waals surface area contributed by atoms with Gasteiger partial charge in [-0.15, -0.1) is 0 Å². The minimum atomic E-state index is -0.322. The first kappa shape index (κ1) is 16.6. The van der Waals surface area contributed by atoms with Crippen molar-refractivity contribution in [2.24, 2.45) is 0 Å². The van der Waals surface area contributed by atoms with Crippen LogP contribution >= 0.6 is 0 Å². The molecule has 0 unspecified atom stereocenters. The van der Waals surface area contributed by atoms with E-state index in [1.54, 1.807) is 32.6 Å². The van der Waals surface area contributed by atoms with Crippen LogP contribution in [0.2, 0.25) is 0 Å². The Balaban J connectivity index is 1.93. The maximum Gasteiger partial charge on any atom is 0.248 e. The number of hydrogen-bond donors (Lipinski definition) is 0. The van der Waals surface area contributed by atoms with Gasteiger partial charge in [0.25, 0.3) is 0 Å². The molecule has 22 heavy (non-hydrogen) atoms. The van der Waals surface area contributed by atoms with Gasteiger partial charge in [-0.1, -0.05) is 0 Å². The van der Waals surface area contributed by atoms with Crippen molar-refractivity contribution in [1.82, 2.24) is 14.9 Å². The Hall–Kier alpha value is -1.73. The van der Waals surface area contributed by atoms with E-state index in [4.69, 9.17) is 9.47 Å². The summed E-state index contributed by atoms with van der Waals surface area (Å²) >= 11 is 0. The van der Waals surface area contributed by atoms with E-state index in [1.807, 2.05) is 13.8 Å². The first-order valence-electron chi connectivity index (χ1n) is 7.35. The highest BCUT2D eigenvalue weighted by atomic mass is 16.6. The smallest absolute Gasteiger partial charge is 0.248 e. The molecule has 2 rings (SSSR count). The van der Waals surface area contributed by atoms with Crippen LogP contribution in [0.25, 0.3) is 0 Å². The van der Waals surface area contributed by atoms with Crippen molar-refractivity contribution < 1.29 is 14.3 Å². The summed E-state index contributed by atoms with van der Waals surface area (Å²) in [5.74, 6) is 0.631. The van der Waals surface area contributed by atoms with Gasteiger partial charge in [0.1, 0.15) is 6.61 Å². The number of morpholine rings is 1. The molecule has 0 saturated carbocycles. The molecule has 1 aliphatic heterocycles. The molecular weight excluding hydrogens is 284 g/mol. The fraction of sp³-hybridized carbons (Fsp3) is 0.667. The summed E-state index contributed by atoms with van der Waals surface area (Å²) in [7, 11) is 3.42. The molecule has 1 fully saturated rings. The van der Waals surface area contributed by atoms with Crippen LogP contribution in [0.3, 0.4) is 0 Å². The maximum absolute atomic E-state index is 11.5. The average molecular weight is 308 g/mol. The second kappa shape index (κ2) is 7.02. The lowest BCUT2D eigenvalue weighted by Gasteiger charge is -2.42. The predicted octanol–water partition coefficient (Wildman–Crippen LogP) is 0.565. The zero-order chi connectivity index (χ0) is 16.2. The molecule has 1 saturated heterocycles. The molecule has 0 bridgehead atoms. The third kappa shape index (κ3) is 4.64. The Morgan fingerprint density at radius 2 is 2.14 bits per heavy atom. The molecule has 2 heterocycles. The standard InChI is InChI=1S/C15H24N4O3/c1-15(2)11-19(14-16-6-5-7-17-14)8-12(22-15)9-21-10-13(20)18(3)4/h5-7,12H,8-11H2,1-4H3/t12-/m1/s1. The minimum absolute atomic E-state index is 0.0571. The van der Waals surface area contributed by atoms with Gasteiger partial charge in [0.05, 0.1) is 18.3 Å². The highest BCUT2D eigenvalue weighted by Gasteiger charge is 2.34. The summed E-state index contributed by atoms with van der Waals surface area (Å²) in [4.78, 5) is 23.7. The Bertz CT molecular complexity index is 493. The van der Waals surface area contributed by atoms with Gasteiger partial charge >= 0.3 is 0 Å². The van der Waals surface area contributed by atoms with Crippen LogP contribution in [0, 0.1) is 0 Å². The van der Waals surface area contributed by atoms with E-state index in [2.05, 4.69) is 14.9 Å². The van der Waals surface area contributed by atoms with Crippen LogP contribution in [-0.2, 0) is 14.3 Å². The van der Waals surface area contributed by atoms with Crippen molar-refractivity contribution in [2.45, 2.75) is 25.6 Å². The lowest BCUT2D eigenvalue weighted by Crippen LogP contribution is -2.54. The van der Waals surface area contributed by atoms with Gasteiger partial charge in [-0.05, 0) is 19.9 Å². The highest BCUT2D eigenvalue weighted by molar-refractivity contribution is 5.76. The summed E-state index contributed by atoms with van der Waals surface area (Å²) in [6.07, 6.45) is 3.33. The number of amides is 1. The molecule has 1 amide bonds. The Kier molecular flexibility index (Phi) is 5.31. The summed E-state index contributed by atoms with van der Waals surface area (Å²) in [5, 5.41) is 0. The van der Waals surface area contributed by atoms with E-state index in [-0.39, 0.29) is 24.2 Å². The number of carbonyl (C=O) groups is 1. The molecule has 0 radical (unpaired) electrons. The van der Waals surface area contributed by atoms with E-state index >= 15 is 0 Å². The largest absolute Gasteiger partial charge is 0.369 e. The number of rotatable bonds is 5. The summed E-state index contributed by atoms with van der Waals surface area (Å²) in [6, 6.07) is 1.79. The number of carbonyl (C=O) groups excluding carboxylic acids is 1. The normalized spacial score (nSPS) is 20.7. The monoisotopic (exact) mass is 308 g/mol. The molecule has 0 aliphatic carbocycles. The van der Waals surface area contributed by atoms with Crippen LogP contribution < -0.4 is 4.90 Å². The molecule has 122 valence electrons. The van der Waals surface area contributed by atoms with Crippen molar-refractivity contribution in [3.8, 4) is 0 Å². The van der Waals surface area contributed by atoms with Crippen LogP contribution in [0.5, 0.6) is 0 Å². The molecule has 0 N–H and O–H groups in total. The molecular formula is C15H24N4O3. The number of likely N-dealkylation sites (N-methyl/N-ethyl adjacent to an activating group) is 1. The van der Waals surface area contributed by atoms with E-state index in [0.717, 1.165) is 0 Å². The van der Waals surface area contributed by atoms with Crippen molar-refractivity contribution >= 4 is 11.9 Å². The lowest BCUT2D eigenvalue weighted by molar-refractivity contribution is -0.139. The summed E-state index contributed by atoms with van der Waals surface area (Å²) in [6.45, 7) is 5.84. The average Bonchev–Trinajstić information content (AvgIpc) is 2.46. The van der Waals surface area contributed by atoms with Crippen molar-refractivity contribution in [2.75, 3.05) is 45.3 Å². The first-order chi connectivity index (χ1) is 10.4. The lowest BCUT2D eigenvalue weighted by atomic mass is 10.1. The molecule has 1 aliphatic rings. The molecule has 1 aromatic heterocycles. The summed E-state index contributed by atoms with van der Waals surface area (Å²) < 4.78 is 11.5. The number of aromatic nitrogens is 2. The summed E-state index contributed by atoms with van der Waals surface area (Å²) in [5.41, 5.74) is -0.322. The quantitative estimate of drug-likeness (QED) is 0.792. The zero-order valence-corrected chi connectivity index (χ0v) is 13.7. The first-order valence-corrected chi connectivity index (χ1v) is 7.35. The zero-order valence-electron chi connectivity index (χ0n) is 13.7. The van der Waals surface area contributed by atoms with E-state index < -0.39 is 0 Å². The van der Waals surface area contributed by atoms with Gasteiger partial charge in [-0.3, -0.25) is 4.79 Å². The number of nitrogens with zero attached hydrogens (tertiary/aromatic N) is 4. The van der Waals surface area contributed by atoms with Crippen LogP contribution in [0.4, 0.5) is 5.95 Å². The third-order valence-electron chi connectivity index (χ3n) is 3.34. The SMILES string of the molecule is CN(C)C(=O)COC[C@H]1CN(c2ncccn2)CC(C)(C)O1. The van der Waals surface area contributed by atoms with E-state index in [9.17, 15) is 4.79 Å². The van der Waals surface area contributed by atoms with Gasteiger partial charge in [-0.25, -0.2) is 9.97 Å². The highest BCUT2D eigenvalue weighted by Crippen LogP contribution is 2.23. The molecule has 0 spiro atoms. The number of ether oxygens (including phenoxy) is 2. The van der Waals surface area contributed by atoms with E-state index in [0.29, 0.717) is 25.6 Å². The second-order valence-corrected chi connectivity index (χ2v) is 6.23. The van der Waals surface area contributed by atoms with Crippen LogP contribution in [0.15, 0.2) is 18.5 Å². The maximum atomic E-state index is 11.5. The van der Waals surface area contributed by atoms with Gasteiger partial charge < -0.3 is 19.3 Å².